The van der Waals surface area contributed by atoms with E-state index in [1.165, 1.54) is 0 Å². The van der Waals surface area contributed by atoms with Gasteiger partial charge in [-0.15, -0.1) is 0 Å². The summed E-state index contributed by atoms with van der Waals surface area (Å²) in [6, 6.07) is 7.37. The van der Waals surface area contributed by atoms with Crippen LogP contribution in [0.4, 0.5) is 0 Å². The van der Waals surface area contributed by atoms with Gasteiger partial charge in [-0.1, -0.05) is 30.9 Å². The van der Waals surface area contributed by atoms with Crippen molar-refractivity contribution in [1.82, 2.24) is 4.90 Å². The number of carbonyl (C=O) groups is 1. The minimum Gasteiger partial charge on any atom is -0.395 e. The Morgan fingerprint density at radius 3 is 3.05 bits per heavy atom. The lowest BCUT2D eigenvalue weighted by Gasteiger charge is -2.32. The smallest absolute Gasteiger partial charge is 0.255 e. The molecule has 1 unspecified atom stereocenters. The molecule has 4 nitrogen and oxygen atoms in total. The summed E-state index contributed by atoms with van der Waals surface area (Å²) < 4.78 is 5.60. The zero-order valence-electron chi connectivity index (χ0n) is 12.3. The van der Waals surface area contributed by atoms with Gasteiger partial charge in [0.05, 0.1) is 24.9 Å². The number of aliphatic hydroxyl groups excluding tert-OH is 1. The highest BCUT2D eigenvalue weighted by Gasteiger charge is 2.24. The fourth-order valence-electron chi connectivity index (χ4n) is 2.31. The molecule has 1 aromatic rings. The molecule has 1 heterocycles. The van der Waals surface area contributed by atoms with Crippen LogP contribution in [0.5, 0.6) is 0 Å². The summed E-state index contributed by atoms with van der Waals surface area (Å²) in [7, 11) is 0. The van der Waals surface area contributed by atoms with Crippen molar-refractivity contribution < 1.29 is 14.6 Å². The fraction of sp³-hybridized carbons (Fsp3) is 0.471. The molecule has 0 spiro atoms. The fourth-order valence-corrected chi connectivity index (χ4v) is 2.31. The molecule has 1 N–H and O–H groups in total. The number of rotatable bonds is 3. The molecule has 1 aromatic carbocycles. The molecule has 1 atom stereocenters. The van der Waals surface area contributed by atoms with Crippen LogP contribution in [0.1, 0.15) is 35.7 Å². The van der Waals surface area contributed by atoms with Crippen LogP contribution < -0.4 is 0 Å². The van der Waals surface area contributed by atoms with E-state index in [0.717, 1.165) is 12.0 Å². The van der Waals surface area contributed by atoms with Crippen LogP contribution in [0.25, 0.3) is 0 Å². The minimum atomic E-state index is 0.00523. The molecule has 2 rings (SSSR count). The Hall–Kier alpha value is -1.83. The number of amides is 1. The summed E-state index contributed by atoms with van der Waals surface area (Å²) in [4.78, 5) is 14.5. The Balaban J connectivity index is 2.17. The van der Waals surface area contributed by atoms with Crippen molar-refractivity contribution in [3.8, 4) is 11.8 Å². The van der Waals surface area contributed by atoms with Gasteiger partial charge in [-0.3, -0.25) is 4.79 Å². The lowest BCUT2D eigenvalue weighted by Crippen LogP contribution is -2.45. The van der Waals surface area contributed by atoms with E-state index in [1.807, 2.05) is 29.2 Å². The highest BCUT2D eigenvalue weighted by Crippen LogP contribution is 2.15. The summed E-state index contributed by atoms with van der Waals surface area (Å²) >= 11 is 0. The molecule has 112 valence electrons. The van der Waals surface area contributed by atoms with Crippen LogP contribution in [0.2, 0.25) is 0 Å². The normalized spacial score (nSPS) is 18.0. The van der Waals surface area contributed by atoms with Gasteiger partial charge in [-0.25, -0.2) is 0 Å². The topological polar surface area (TPSA) is 49.8 Å². The summed E-state index contributed by atoms with van der Waals surface area (Å²) in [6.07, 6.45) is 1.44. The quantitative estimate of drug-likeness (QED) is 0.860. The number of benzene rings is 1. The Kier molecular flexibility index (Phi) is 5.79. The van der Waals surface area contributed by atoms with Gasteiger partial charge in [0.25, 0.3) is 5.91 Å². The van der Waals surface area contributed by atoms with E-state index < -0.39 is 0 Å². The minimum absolute atomic E-state index is 0.00523. The Morgan fingerprint density at radius 1 is 1.48 bits per heavy atom. The van der Waals surface area contributed by atoms with Crippen molar-refractivity contribution >= 4 is 5.91 Å². The maximum absolute atomic E-state index is 12.7. The molecule has 1 fully saturated rings. The second-order valence-corrected chi connectivity index (χ2v) is 4.97. The van der Waals surface area contributed by atoms with Gasteiger partial charge in [0.2, 0.25) is 0 Å². The first kappa shape index (κ1) is 15.6. The van der Waals surface area contributed by atoms with Crippen LogP contribution in [0, 0.1) is 11.8 Å². The van der Waals surface area contributed by atoms with Gasteiger partial charge in [0, 0.05) is 25.1 Å². The molecule has 1 aliphatic heterocycles. The zero-order chi connectivity index (χ0) is 15.1. The van der Waals surface area contributed by atoms with Gasteiger partial charge in [-0.05, 0) is 18.6 Å². The van der Waals surface area contributed by atoms with Crippen LogP contribution in [-0.4, -0.2) is 48.3 Å². The molecule has 1 saturated heterocycles. The number of hydrogen-bond acceptors (Lipinski definition) is 3. The Morgan fingerprint density at radius 2 is 2.29 bits per heavy atom. The molecule has 4 heteroatoms. The van der Waals surface area contributed by atoms with Crippen LogP contribution in [0.15, 0.2) is 24.3 Å². The van der Waals surface area contributed by atoms with Crippen molar-refractivity contribution in [2.24, 2.45) is 0 Å². The van der Waals surface area contributed by atoms with Gasteiger partial charge in [0.15, 0.2) is 0 Å². The average Bonchev–Trinajstić information content (AvgIpc) is 2.55. The largest absolute Gasteiger partial charge is 0.395 e. The molecular formula is C17H21NO3. The van der Waals surface area contributed by atoms with Gasteiger partial charge < -0.3 is 14.7 Å². The third-order valence-electron chi connectivity index (χ3n) is 3.50. The maximum atomic E-state index is 12.7. The Bertz CT molecular complexity index is 544. The number of aliphatic hydroxyl groups is 1. The van der Waals surface area contributed by atoms with Crippen LogP contribution in [-0.2, 0) is 4.74 Å². The van der Waals surface area contributed by atoms with E-state index in [1.54, 1.807) is 0 Å². The molecular weight excluding hydrogens is 266 g/mol. The van der Waals surface area contributed by atoms with E-state index in [4.69, 9.17) is 9.84 Å². The second kappa shape index (κ2) is 7.82. The maximum Gasteiger partial charge on any atom is 0.255 e. The summed E-state index contributed by atoms with van der Waals surface area (Å²) in [5.74, 6) is 5.85. The van der Waals surface area contributed by atoms with E-state index in [2.05, 4.69) is 18.8 Å². The molecule has 0 aliphatic carbocycles. The van der Waals surface area contributed by atoms with Gasteiger partial charge in [-0.2, -0.15) is 0 Å². The summed E-state index contributed by atoms with van der Waals surface area (Å²) in [5, 5.41) is 8.79. The first-order valence-electron chi connectivity index (χ1n) is 7.36. The lowest BCUT2D eigenvalue weighted by atomic mass is 10.1. The Labute approximate surface area is 125 Å². The monoisotopic (exact) mass is 287 g/mol. The molecule has 21 heavy (non-hydrogen) atoms. The van der Waals surface area contributed by atoms with Crippen molar-refractivity contribution in [2.75, 3.05) is 26.3 Å². The van der Waals surface area contributed by atoms with E-state index >= 15 is 0 Å². The van der Waals surface area contributed by atoms with Gasteiger partial charge in [0.1, 0.15) is 0 Å². The summed E-state index contributed by atoms with van der Waals surface area (Å²) in [6.45, 7) is 3.93. The van der Waals surface area contributed by atoms with Crippen molar-refractivity contribution in [3.05, 3.63) is 35.4 Å². The highest BCUT2D eigenvalue weighted by atomic mass is 16.5. The second-order valence-electron chi connectivity index (χ2n) is 4.97. The number of nitrogens with zero attached hydrogens (tertiary/aromatic N) is 1. The molecule has 0 aromatic heterocycles. The molecule has 1 aliphatic rings. The summed E-state index contributed by atoms with van der Waals surface area (Å²) in [5.41, 5.74) is 1.34. The number of carbonyl (C=O) groups excluding carboxylic acids is 1. The van der Waals surface area contributed by atoms with E-state index in [-0.39, 0.29) is 18.6 Å². The average molecular weight is 287 g/mol. The van der Waals surface area contributed by atoms with Crippen LogP contribution >= 0.6 is 0 Å². The highest BCUT2D eigenvalue weighted by molar-refractivity contribution is 5.96. The SMILES string of the molecule is CCC1CN(C(=O)c2ccccc2C#CCCO)CCO1. The van der Waals surface area contributed by atoms with E-state index in [9.17, 15) is 4.79 Å². The molecule has 0 radical (unpaired) electrons. The van der Waals surface area contributed by atoms with E-state index in [0.29, 0.717) is 31.7 Å². The van der Waals surface area contributed by atoms with Crippen LogP contribution in [0.3, 0.4) is 0 Å². The third kappa shape index (κ3) is 4.07. The standard InChI is InChI=1S/C17H21NO3/c1-2-15-13-18(10-12-21-15)17(20)16-9-4-3-7-14(16)8-5-6-11-19/h3-4,7,9,15,19H,2,6,10-13H2,1H3. The first-order valence-corrected chi connectivity index (χ1v) is 7.36. The number of morpholine rings is 1. The third-order valence-corrected chi connectivity index (χ3v) is 3.50. The first-order chi connectivity index (χ1) is 10.3. The lowest BCUT2D eigenvalue weighted by molar-refractivity contribution is -0.0226. The van der Waals surface area contributed by atoms with Crippen molar-refractivity contribution in [2.45, 2.75) is 25.9 Å². The van der Waals surface area contributed by atoms with Gasteiger partial charge >= 0.3 is 0 Å². The number of hydrogen-bond donors (Lipinski definition) is 1. The molecule has 0 bridgehead atoms. The number of ether oxygens (including phenoxy) is 1. The van der Waals surface area contributed by atoms with Crippen molar-refractivity contribution in [3.63, 3.8) is 0 Å². The van der Waals surface area contributed by atoms with Crippen molar-refractivity contribution in [1.29, 1.82) is 0 Å². The molecule has 0 saturated carbocycles. The predicted molar refractivity (Wildman–Crippen MR) is 81.0 cm³/mol. The molecule has 1 amide bonds. The zero-order valence-corrected chi connectivity index (χ0v) is 12.3. The predicted octanol–water partition coefficient (Wildman–Crippen LogP) is 1.67.